The Bertz CT molecular complexity index is 652. The Balaban J connectivity index is 2.09. The number of para-hydroxylation sites is 1. The third-order valence-corrected chi connectivity index (χ3v) is 3.89. The van der Waals surface area contributed by atoms with Crippen LogP contribution in [0.4, 0.5) is 0 Å². The molecule has 0 saturated carbocycles. The molecular formula is C20H22O4. The molecule has 0 saturated heterocycles. The van der Waals surface area contributed by atoms with Crippen LogP contribution in [0.15, 0.2) is 54.6 Å². The average Bonchev–Trinajstić information content (AvgIpc) is 2.61. The van der Waals surface area contributed by atoms with E-state index in [-0.39, 0.29) is 0 Å². The summed E-state index contributed by atoms with van der Waals surface area (Å²) in [7, 11) is 0. The van der Waals surface area contributed by atoms with E-state index in [4.69, 9.17) is 4.74 Å². The highest BCUT2D eigenvalue weighted by atomic mass is 16.5. The number of benzene rings is 2. The molecule has 2 aromatic rings. The Hall–Kier alpha value is -2.62. The highest BCUT2D eigenvalue weighted by molar-refractivity contribution is 5.77. The summed E-state index contributed by atoms with van der Waals surface area (Å²) < 4.78 is 5.86. The molecule has 24 heavy (non-hydrogen) atoms. The van der Waals surface area contributed by atoms with E-state index < -0.39 is 11.9 Å². The smallest absolute Gasteiger partial charge is 0.311 e. The number of carboxylic acid groups (broad SMARTS) is 1. The van der Waals surface area contributed by atoms with E-state index in [9.17, 15) is 14.7 Å². The van der Waals surface area contributed by atoms with Gasteiger partial charge in [-0.15, -0.1) is 0 Å². The molecule has 1 atom stereocenters. The number of hydrogen-bond acceptors (Lipinski definition) is 3. The van der Waals surface area contributed by atoms with Crippen molar-refractivity contribution in [3.05, 3.63) is 65.7 Å². The van der Waals surface area contributed by atoms with Gasteiger partial charge in [-0.25, -0.2) is 0 Å². The van der Waals surface area contributed by atoms with Crippen LogP contribution in [0, 0.1) is 0 Å². The largest absolute Gasteiger partial charge is 0.489 e. The zero-order valence-electron chi connectivity index (χ0n) is 13.6. The lowest BCUT2D eigenvalue weighted by Gasteiger charge is -2.17. The number of carbonyl (C=O) groups is 2. The molecule has 0 bridgehead atoms. The van der Waals surface area contributed by atoms with Gasteiger partial charge in [0.15, 0.2) is 0 Å². The fourth-order valence-electron chi connectivity index (χ4n) is 2.62. The fraction of sp³-hybridized carbons (Fsp3) is 0.300. The second-order valence-corrected chi connectivity index (χ2v) is 5.65. The van der Waals surface area contributed by atoms with Crippen molar-refractivity contribution in [3.8, 4) is 5.75 Å². The molecule has 1 N–H and O–H groups in total. The summed E-state index contributed by atoms with van der Waals surface area (Å²) in [5, 5.41) is 9.57. The standard InChI is InChI=1S/C20H22O4/c21-14-8-2-5-12-18(20(22)23)17-11-6-7-13-19(17)24-15-16-9-3-1-4-10-16/h1,3-4,6-7,9-11,13-14,18H,2,5,8,12,15H2,(H,22,23). The Kier molecular flexibility index (Phi) is 7.02. The Morgan fingerprint density at radius 1 is 1.04 bits per heavy atom. The minimum Gasteiger partial charge on any atom is -0.489 e. The summed E-state index contributed by atoms with van der Waals surface area (Å²) >= 11 is 0. The summed E-state index contributed by atoms with van der Waals surface area (Å²) in [5.74, 6) is -0.885. The van der Waals surface area contributed by atoms with Gasteiger partial charge in [0.2, 0.25) is 0 Å². The van der Waals surface area contributed by atoms with Crippen LogP contribution >= 0.6 is 0 Å². The van der Waals surface area contributed by atoms with Crippen molar-refractivity contribution in [2.45, 2.75) is 38.2 Å². The van der Waals surface area contributed by atoms with Gasteiger partial charge in [-0.05, 0) is 24.5 Å². The highest BCUT2D eigenvalue weighted by Crippen LogP contribution is 2.31. The van der Waals surface area contributed by atoms with E-state index in [1.807, 2.05) is 42.5 Å². The number of aliphatic carboxylic acids is 1. The second-order valence-electron chi connectivity index (χ2n) is 5.65. The zero-order chi connectivity index (χ0) is 17.2. The second kappa shape index (κ2) is 9.50. The average molecular weight is 326 g/mol. The van der Waals surface area contributed by atoms with Crippen LogP contribution in [0.2, 0.25) is 0 Å². The van der Waals surface area contributed by atoms with Crippen molar-refractivity contribution in [1.82, 2.24) is 0 Å². The summed E-state index contributed by atoms with van der Waals surface area (Å²) in [5.41, 5.74) is 1.72. The lowest BCUT2D eigenvalue weighted by Crippen LogP contribution is -2.13. The Morgan fingerprint density at radius 2 is 1.75 bits per heavy atom. The minimum absolute atomic E-state index is 0.398. The number of rotatable bonds is 10. The molecule has 0 aliphatic carbocycles. The number of carboxylic acids is 1. The van der Waals surface area contributed by atoms with Gasteiger partial charge in [0.1, 0.15) is 18.6 Å². The van der Waals surface area contributed by atoms with Crippen LogP contribution in [-0.2, 0) is 16.2 Å². The van der Waals surface area contributed by atoms with Crippen LogP contribution in [0.3, 0.4) is 0 Å². The topological polar surface area (TPSA) is 63.6 Å². The SMILES string of the molecule is O=CCCCCC(C(=O)O)c1ccccc1OCc1ccccc1. The predicted molar refractivity (Wildman–Crippen MR) is 92.1 cm³/mol. The number of aldehydes is 1. The third-order valence-electron chi connectivity index (χ3n) is 3.89. The first-order valence-corrected chi connectivity index (χ1v) is 8.14. The van der Waals surface area contributed by atoms with Crippen molar-refractivity contribution in [3.63, 3.8) is 0 Å². The van der Waals surface area contributed by atoms with Crippen molar-refractivity contribution in [1.29, 1.82) is 0 Å². The Labute approximate surface area is 142 Å². The molecule has 0 aromatic heterocycles. The van der Waals surface area contributed by atoms with E-state index in [0.29, 0.717) is 43.6 Å². The van der Waals surface area contributed by atoms with E-state index in [1.165, 1.54) is 0 Å². The molecule has 0 aliphatic rings. The van der Waals surface area contributed by atoms with Crippen molar-refractivity contribution in [2.24, 2.45) is 0 Å². The maximum atomic E-state index is 11.7. The molecule has 2 rings (SSSR count). The summed E-state index contributed by atoms with van der Waals surface area (Å²) in [6.07, 6.45) is 3.24. The predicted octanol–water partition coefficient (Wildman–Crippen LogP) is 4.19. The van der Waals surface area contributed by atoms with Crippen molar-refractivity contribution >= 4 is 12.3 Å². The lowest BCUT2D eigenvalue weighted by molar-refractivity contribution is -0.139. The van der Waals surface area contributed by atoms with Crippen LogP contribution in [0.25, 0.3) is 0 Å². The maximum Gasteiger partial charge on any atom is 0.311 e. The summed E-state index contributed by atoms with van der Waals surface area (Å²) in [6.45, 7) is 0.398. The van der Waals surface area contributed by atoms with E-state index in [2.05, 4.69) is 0 Å². The van der Waals surface area contributed by atoms with Gasteiger partial charge in [-0.2, -0.15) is 0 Å². The van der Waals surface area contributed by atoms with Crippen LogP contribution < -0.4 is 4.74 Å². The summed E-state index contributed by atoms with van der Waals surface area (Å²) in [4.78, 5) is 22.1. The monoisotopic (exact) mass is 326 g/mol. The van der Waals surface area contributed by atoms with Gasteiger partial charge in [0.05, 0.1) is 5.92 Å². The van der Waals surface area contributed by atoms with Gasteiger partial charge in [-0.1, -0.05) is 55.0 Å². The molecule has 4 heteroatoms. The van der Waals surface area contributed by atoms with Gasteiger partial charge in [0, 0.05) is 12.0 Å². The lowest BCUT2D eigenvalue weighted by atomic mass is 9.92. The third kappa shape index (κ3) is 5.23. The molecule has 0 amide bonds. The Morgan fingerprint density at radius 3 is 2.46 bits per heavy atom. The molecular weight excluding hydrogens is 304 g/mol. The van der Waals surface area contributed by atoms with Gasteiger partial charge < -0.3 is 14.6 Å². The van der Waals surface area contributed by atoms with E-state index >= 15 is 0 Å². The normalized spacial score (nSPS) is 11.7. The maximum absolute atomic E-state index is 11.7. The molecule has 0 heterocycles. The first kappa shape index (κ1) is 17.7. The minimum atomic E-state index is -0.864. The van der Waals surface area contributed by atoms with Gasteiger partial charge in [-0.3, -0.25) is 4.79 Å². The molecule has 0 aliphatic heterocycles. The highest BCUT2D eigenvalue weighted by Gasteiger charge is 2.22. The van der Waals surface area contributed by atoms with Gasteiger partial charge >= 0.3 is 5.97 Å². The number of unbranched alkanes of at least 4 members (excludes halogenated alkanes) is 2. The molecule has 0 radical (unpaired) electrons. The summed E-state index contributed by atoms with van der Waals surface area (Å²) in [6, 6.07) is 17.0. The number of ether oxygens (including phenoxy) is 1. The molecule has 1 unspecified atom stereocenters. The molecule has 126 valence electrons. The molecule has 2 aromatic carbocycles. The van der Waals surface area contributed by atoms with E-state index in [1.54, 1.807) is 12.1 Å². The quantitative estimate of drug-likeness (QED) is 0.525. The van der Waals surface area contributed by atoms with Crippen LogP contribution in [-0.4, -0.2) is 17.4 Å². The molecule has 0 fully saturated rings. The van der Waals surface area contributed by atoms with Crippen LogP contribution in [0.1, 0.15) is 42.7 Å². The number of hydrogen-bond donors (Lipinski definition) is 1. The molecule has 0 spiro atoms. The molecule has 4 nitrogen and oxygen atoms in total. The fourth-order valence-corrected chi connectivity index (χ4v) is 2.62. The first-order valence-electron chi connectivity index (χ1n) is 8.14. The van der Waals surface area contributed by atoms with Crippen molar-refractivity contribution in [2.75, 3.05) is 0 Å². The van der Waals surface area contributed by atoms with Gasteiger partial charge in [0.25, 0.3) is 0 Å². The first-order chi connectivity index (χ1) is 11.7. The van der Waals surface area contributed by atoms with Crippen molar-refractivity contribution < 1.29 is 19.4 Å². The number of carbonyl (C=O) groups excluding carboxylic acids is 1. The van der Waals surface area contributed by atoms with E-state index in [0.717, 1.165) is 11.8 Å². The zero-order valence-corrected chi connectivity index (χ0v) is 13.6. The van der Waals surface area contributed by atoms with Crippen LogP contribution in [0.5, 0.6) is 5.75 Å².